The van der Waals surface area contributed by atoms with Crippen molar-refractivity contribution in [3.8, 4) is 0 Å². The zero-order valence-electron chi connectivity index (χ0n) is 11.0. The number of thiocarbonyl (C=S) groups is 1. The molecular weight excluding hydrogens is 218 g/mol. The van der Waals surface area contributed by atoms with E-state index in [1.54, 1.807) is 0 Å². The molecule has 1 rings (SSSR count). The standard InChI is InChI=1S/C12H25N3S/c1-10(11(13)16)9-14-5-7-15(8-6-14)12(2,3)4/h10H,5-9H2,1-4H3,(H2,13,16). The molecule has 1 aliphatic heterocycles. The van der Waals surface area contributed by atoms with Crippen molar-refractivity contribution in [2.24, 2.45) is 11.7 Å². The summed E-state index contributed by atoms with van der Waals surface area (Å²) < 4.78 is 0. The van der Waals surface area contributed by atoms with Gasteiger partial charge in [0.1, 0.15) is 0 Å². The van der Waals surface area contributed by atoms with Gasteiger partial charge < -0.3 is 10.6 Å². The van der Waals surface area contributed by atoms with Crippen molar-refractivity contribution >= 4 is 17.2 Å². The first-order valence-corrected chi connectivity index (χ1v) is 6.48. The molecule has 1 aliphatic rings. The van der Waals surface area contributed by atoms with Crippen LogP contribution in [0.4, 0.5) is 0 Å². The normalized spacial score (nSPS) is 22.0. The van der Waals surface area contributed by atoms with Crippen LogP contribution in [0.5, 0.6) is 0 Å². The lowest BCUT2D eigenvalue weighted by atomic mass is 10.0. The lowest BCUT2D eigenvalue weighted by molar-refractivity contribution is 0.0598. The molecule has 0 amide bonds. The Labute approximate surface area is 105 Å². The number of rotatable bonds is 3. The predicted molar refractivity (Wildman–Crippen MR) is 73.7 cm³/mol. The van der Waals surface area contributed by atoms with Gasteiger partial charge in [0.05, 0.1) is 4.99 Å². The molecule has 4 heteroatoms. The molecule has 0 aliphatic carbocycles. The van der Waals surface area contributed by atoms with Crippen molar-refractivity contribution in [3.63, 3.8) is 0 Å². The van der Waals surface area contributed by atoms with Gasteiger partial charge in [-0.25, -0.2) is 0 Å². The van der Waals surface area contributed by atoms with E-state index in [9.17, 15) is 0 Å². The van der Waals surface area contributed by atoms with Gasteiger partial charge >= 0.3 is 0 Å². The minimum absolute atomic E-state index is 0.293. The van der Waals surface area contributed by atoms with E-state index in [0.29, 0.717) is 16.4 Å². The Morgan fingerprint density at radius 3 is 2.12 bits per heavy atom. The second-order valence-electron chi connectivity index (χ2n) is 5.76. The molecule has 2 N–H and O–H groups in total. The largest absolute Gasteiger partial charge is 0.393 e. The monoisotopic (exact) mass is 243 g/mol. The summed E-state index contributed by atoms with van der Waals surface area (Å²) in [4.78, 5) is 5.64. The topological polar surface area (TPSA) is 32.5 Å². The quantitative estimate of drug-likeness (QED) is 0.758. The molecule has 16 heavy (non-hydrogen) atoms. The summed E-state index contributed by atoms with van der Waals surface area (Å²) >= 11 is 5.01. The molecular formula is C12H25N3S. The number of hydrogen-bond acceptors (Lipinski definition) is 3. The predicted octanol–water partition coefficient (Wildman–Crippen LogP) is 1.32. The number of nitrogens with two attached hydrogens (primary N) is 1. The Morgan fingerprint density at radius 2 is 1.75 bits per heavy atom. The van der Waals surface area contributed by atoms with Crippen LogP contribution < -0.4 is 5.73 Å². The fourth-order valence-corrected chi connectivity index (χ4v) is 2.15. The molecule has 1 atom stereocenters. The third-order valence-corrected chi connectivity index (χ3v) is 3.74. The molecule has 3 nitrogen and oxygen atoms in total. The molecule has 0 aromatic heterocycles. The minimum Gasteiger partial charge on any atom is -0.393 e. The highest BCUT2D eigenvalue weighted by Gasteiger charge is 2.26. The first kappa shape index (κ1) is 13.9. The van der Waals surface area contributed by atoms with Crippen molar-refractivity contribution in [1.82, 2.24) is 9.80 Å². The summed E-state index contributed by atoms with van der Waals surface area (Å²) in [5, 5.41) is 0. The highest BCUT2D eigenvalue weighted by Crippen LogP contribution is 2.16. The van der Waals surface area contributed by atoms with Crippen molar-refractivity contribution in [1.29, 1.82) is 0 Å². The van der Waals surface area contributed by atoms with E-state index < -0.39 is 0 Å². The molecule has 0 radical (unpaired) electrons. The third kappa shape index (κ3) is 4.00. The number of nitrogens with zero attached hydrogens (tertiary/aromatic N) is 2. The summed E-state index contributed by atoms with van der Waals surface area (Å²) in [6.45, 7) is 14.5. The van der Waals surface area contributed by atoms with E-state index in [1.807, 2.05) is 0 Å². The van der Waals surface area contributed by atoms with Crippen molar-refractivity contribution in [3.05, 3.63) is 0 Å². The smallest absolute Gasteiger partial charge is 0.0768 e. The van der Waals surface area contributed by atoms with E-state index in [4.69, 9.17) is 18.0 Å². The summed E-state index contributed by atoms with van der Waals surface area (Å²) in [6, 6.07) is 0. The maximum atomic E-state index is 5.64. The van der Waals surface area contributed by atoms with Crippen LogP contribution in [0, 0.1) is 5.92 Å². The van der Waals surface area contributed by atoms with Gasteiger partial charge in [0, 0.05) is 44.2 Å². The molecule has 1 heterocycles. The van der Waals surface area contributed by atoms with Gasteiger partial charge in [-0.2, -0.15) is 0 Å². The zero-order chi connectivity index (χ0) is 12.3. The molecule has 1 unspecified atom stereocenters. The fourth-order valence-electron chi connectivity index (χ4n) is 2.08. The fraction of sp³-hybridized carbons (Fsp3) is 0.917. The Bertz CT molecular complexity index is 239. The molecule has 1 saturated heterocycles. The maximum Gasteiger partial charge on any atom is 0.0768 e. The Hall–Kier alpha value is -0.190. The van der Waals surface area contributed by atoms with Gasteiger partial charge in [-0.1, -0.05) is 19.1 Å². The van der Waals surface area contributed by atoms with Crippen LogP contribution in [0.25, 0.3) is 0 Å². The molecule has 94 valence electrons. The summed E-state index contributed by atoms with van der Waals surface area (Å²) in [5.41, 5.74) is 5.94. The molecule has 0 saturated carbocycles. The van der Waals surface area contributed by atoms with E-state index >= 15 is 0 Å². The Balaban J connectivity index is 2.35. The minimum atomic E-state index is 0.293. The Kier molecular flexibility index (Phi) is 4.71. The van der Waals surface area contributed by atoms with Gasteiger partial charge in [-0.05, 0) is 20.8 Å². The molecule has 0 aromatic rings. The number of hydrogen-bond donors (Lipinski definition) is 1. The summed E-state index contributed by atoms with van der Waals surface area (Å²) in [6.07, 6.45) is 0. The van der Waals surface area contributed by atoms with Crippen molar-refractivity contribution in [2.75, 3.05) is 32.7 Å². The molecule has 1 fully saturated rings. The Morgan fingerprint density at radius 1 is 1.25 bits per heavy atom. The third-order valence-electron chi connectivity index (χ3n) is 3.34. The summed E-state index contributed by atoms with van der Waals surface area (Å²) in [5.74, 6) is 0.330. The first-order valence-electron chi connectivity index (χ1n) is 6.07. The van der Waals surface area contributed by atoms with Gasteiger partial charge in [0.25, 0.3) is 0 Å². The zero-order valence-corrected chi connectivity index (χ0v) is 11.8. The van der Waals surface area contributed by atoms with Crippen molar-refractivity contribution < 1.29 is 0 Å². The average Bonchev–Trinajstić information content (AvgIpc) is 2.17. The van der Waals surface area contributed by atoms with Crippen LogP contribution in [0.15, 0.2) is 0 Å². The van der Waals surface area contributed by atoms with E-state index in [1.165, 1.54) is 0 Å². The van der Waals surface area contributed by atoms with Crippen LogP contribution in [0.3, 0.4) is 0 Å². The lowest BCUT2D eigenvalue weighted by Crippen LogP contribution is -2.54. The van der Waals surface area contributed by atoms with Crippen LogP contribution in [-0.4, -0.2) is 53.1 Å². The summed E-state index contributed by atoms with van der Waals surface area (Å²) in [7, 11) is 0. The van der Waals surface area contributed by atoms with Crippen LogP contribution >= 0.6 is 12.2 Å². The second-order valence-corrected chi connectivity index (χ2v) is 6.23. The average molecular weight is 243 g/mol. The van der Waals surface area contributed by atoms with Gasteiger partial charge in [-0.15, -0.1) is 0 Å². The van der Waals surface area contributed by atoms with Gasteiger partial charge in [0.2, 0.25) is 0 Å². The second kappa shape index (κ2) is 5.43. The van der Waals surface area contributed by atoms with E-state index in [0.717, 1.165) is 32.7 Å². The lowest BCUT2D eigenvalue weighted by Gasteiger charge is -2.42. The van der Waals surface area contributed by atoms with E-state index in [-0.39, 0.29) is 0 Å². The highest BCUT2D eigenvalue weighted by molar-refractivity contribution is 7.80. The highest BCUT2D eigenvalue weighted by atomic mass is 32.1. The first-order chi connectivity index (χ1) is 7.30. The van der Waals surface area contributed by atoms with Crippen LogP contribution in [-0.2, 0) is 0 Å². The molecule has 0 aromatic carbocycles. The number of piperazine rings is 1. The molecule has 0 spiro atoms. The van der Waals surface area contributed by atoms with Gasteiger partial charge in [0.15, 0.2) is 0 Å². The van der Waals surface area contributed by atoms with Crippen LogP contribution in [0.2, 0.25) is 0 Å². The molecule has 0 bridgehead atoms. The van der Waals surface area contributed by atoms with Crippen molar-refractivity contribution in [2.45, 2.75) is 33.2 Å². The SMILES string of the molecule is CC(CN1CCN(C(C)(C)C)CC1)C(N)=S. The van der Waals surface area contributed by atoms with Gasteiger partial charge in [-0.3, -0.25) is 4.90 Å². The van der Waals surface area contributed by atoms with Crippen LogP contribution in [0.1, 0.15) is 27.7 Å². The van der Waals surface area contributed by atoms with E-state index in [2.05, 4.69) is 37.5 Å². The maximum absolute atomic E-state index is 5.64.